The number of carbonyl (C=O) groups excluding carboxylic acids is 1. The lowest BCUT2D eigenvalue weighted by molar-refractivity contribution is 0.187. The molecule has 0 aliphatic carbocycles. The second kappa shape index (κ2) is 10.4. The average molecular weight is 357 g/mol. The Morgan fingerprint density at radius 2 is 2.08 bits per heavy atom. The number of hydrogen-bond donors (Lipinski definition) is 2. The van der Waals surface area contributed by atoms with Crippen molar-refractivity contribution in [1.82, 2.24) is 9.88 Å². The van der Waals surface area contributed by atoms with Crippen LogP contribution < -0.4 is 10.1 Å². The summed E-state index contributed by atoms with van der Waals surface area (Å²) in [4.78, 5) is 18.1. The third-order valence-electron chi connectivity index (χ3n) is 3.96. The minimum absolute atomic E-state index is 0.0566. The summed E-state index contributed by atoms with van der Waals surface area (Å²) < 4.78 is 5.75. The number of nitrogens with one attached hydrogen (secondary N) is 1. The molecule has 1 aromatic carbocycles. The highest BCUT2D eigenvalue weighted by Gasteiger charge is 2.12. The molecule has 6 heteroatoms. The number of nitrogens with zero attached hydrogens (tertiary/aromatic N) is 2. The Morgan fingerprint density at radius 1 is 1.23 bits per heavy atom. The first-order valence-corrected chi connectivity index (χ1v) is 9.05. The summed E-state index contributed by atoms with van der Waals surface area (Å²) in [5, 5.41) is 11.9. The first kappa shape index (κ1) is 19.7. The third kappa shape index (κ3) is 6.04. The van der Waals surface area contributed by atoms with Gasteiger partial charge < -0.3 is 20.1 Å². The molecule has 1 heterocycles. The summed E-state index contributed by atoms with van der Waals surface area (Å²) in [5.41, 5.74) is 1.78. The highest BCUT2D eigenvalue weighted by molar-refractivity contribution is 5.89. The number of rotatable bonds is 9. The van der Waals surface area contributed by atoms with Gasteiger partial charge in [-0.1, -0.05) is 32.4 Å². The molecule has 0 unspecified atom stereocenters. The highest BCUT2D eigenvalue weighted by Crippen LogP contribution is 2.21. The van der Waals surface area contributed by atoms with E-state index in [1.54, 1.807) is 23.2 Å². The zero-order chi connectivity index (χ0) is 18.8. The first-order chi connectivity index (χ1) is 12.7. The Kier molecular flexibility index (Phi) is 7.89. The van der Waals surface area contributed by atoms with E-state index >= 15 is 0 Å². The van der Waals surface area contributed by atoms with Gasteiger partial charge in [-0.15, -0.1) is 0 Å². The van der Waals surface area contributed by atoms with E-state index in [1.807, 2.05) is 18.2 Å². The van der Waals surface area contributed by atoms with Crippen LogP contribution in [0.5, 0.6) is 11.6 Å². The van der Waals surface area contributed by atoms with E-state index in [2.05, 4.69) is 30.2 Å². The minimum atomic E-state index is -0.237. The SMILES string of the molecule is CCCCN(CCO)C(=O)Nc1ccc(Oc2cccc(CC)c2)nc1. The van der Waals surface area contributed by atoms with Crippen molar-refractivity contribution in [3.63, 3.8) is 0 Å². The molecule has 0 fully saturated rings. The number of hydrogen-bond acceptors (Lipinski definition) is 4. The monoisotopic (exact) mass is 357 g/mol. The molecule has 0 aliphatic heterocycles. The zero-order valence-electron chi connectivity index (χ0n) is 15.4. The fourth-order valence-corrected chi connectivity index (χ4v) is 2.45. The van der Waals surface area contributed by atoms with Crippen LogP contribution in [0.25, 0.3) is 0 Å². The Labute approximate surface area is 154 Å². The fourth-order valence-electron chi connectivity index (χ4n) is 2.45. The molecule has 0 aliphatic rings. The van der Waals surface area contributed by atoms with Gasteiger partial charge in [-0.25, -0.2) is 9.78 Å². The van der Waals surface area contributed by atoms with Crippen molar-refractivity contribution in [2.45, 2.75) is 33.1 Å². The smallest absolute Gasteiger partial charge is 0.321 e. The number of carbonyl (C=O) groups is 1. The predicted molar refractivity (Wildman–Crippen MR) is 103 cm³/mol. The lowest BCUT2D eigenvalue weighted by Crippen LogP contribution is -2.37. The van der Waals surface area contributed by atoms with E-state index in [0.717, 1.165) is 25.0 Å². The second-order valence-corrected chi connectivity index (χ2v) is 5.98. The molecule has 2 amide bonds. The van der Waals surface area contributed by atoms with Gasteiger partial charge in [-0.05, 0) is 36.6 Å². The quantitative estimate of drug-likeness (QED) is 0.710. The van der Waals surface area contributed by atoms with Gasteiger partial charge >= 0.3 is 6.03 Å². The van der Waals surface area contributed by atoms with Crippen LogP contribution in [-0.2, 0) is 6.42 Å². The number of urea groups is 1. The molecular weight excluding hydrogens is 330 g/mol. The van der Waals surface area contributed by atoms with Crippen LogP contribution in [0.2, 0.25) is 0 Å². The van der Waals surface area contributed by atoms with Crippen molar-refractivity contribution in [2.24, 2.45) is 0 Å². The molecule has 0 atom stereocenters. The van der Waals surface area contributed by atoms with Crippen LogP contribution >= 0.6 is 0 Å². The molecule has 0 bridgehead atoms. The zero-order valence-corrected chi connectivity index (χ0v) is 15.4. The number of aryl methyl sites for hydroxylation is 1. The van der Waals surface area contributed by atoms with Gasteiger partial charge in [0.25, 0.3) is 0 Å². The predicted octanol–water partition coefficient (Wildman–Crippen LogP) is 4.06. The van der Waals surface area contributed by atoms with E-state index in [9.17, 15) is 4.79 Å². The van der Waals surface area contributed by atoms with Crippen molar-refractivity contribution in [3.8, 4) is 11.6 Å². The van der Waals surface area contributed by atoms with Crippen LogP contribution in [0.1, 0.15) is 32.3 Å². The van der Waals surface area contributed by atoms with E-state index < -0.39 is 0 Å². The molecule has 0 saturated heterocycles. The number of benzene rings is 1. The van der Waals surface area contributed by atoms with Crippen molar-refractivity contribution in [1.29, 1.82) is 0 Å². The third-order valence-corrected chi connectivity index (χ3v) is 3.96. The number of unbranched alkanes of at least 4 members (excludes halogenated alkanes) is 1. The van der Waals surface area contributed by atoms with Gasteiger partial charge in [0, 0.05) is 19.2 Å². The van der Waals surface area contributed by atoms with E-state index in [1.165, 1.54) is 5.56 Å². The molecule has 6 nitrogen and oxygen atoms in total. The maximum absolute atomic E-state index is 12.3. The maximum atomic E-state index is 12.3. The van der Waals surface area contributed by atoms with Crippen LogP contribution in [0.3, 0.4) is 0 Å². The Bertz CT molecular complexity index is 689. The maximum Gasteiger partial charge on any atom is 0.321 e. The molecular formula is C20H27N3O3. The summed E-state index contributed by atoms with van der Waals surface area (Å²) in [6.45, 7) is 5.03. The van der Waals surface area contributed by atoms with Crippen LogP contribution in [0.4, 0.5) is 10.5 Å². The van der Waals surface area contributed by atoms with Crippen molar-refractivity contribution in [2.75, 3.05) is 25.0 Å². The van der Waals surface area contributed by atoms with Gasteiger partial charge in [0.15, 0.2) is 0 Å². The number of pyridine rings is 1. The largest absolute Gasteiger partial charge is 0.439 e. The standard InChI is InChI=1S/C20H27N3O3/c1-3-5-11-23(12-13-24)20(25)22-17-9-10-19(21-15-17)26-18-8-6-7-16(4-2)14-18/h6-10,14-15,24H,3-5,11-13H2,1-2H3,(H,22,25). The van der Waals surface area contributed by atoms with Crippen LogP contribution in [-0.4, -0.2) is 40.7 Å². The van der Waals surface area contributed by atoms with Gasteiger partial charge in [0.1, 0.15) is 5.75 Å². The number of aliphatic hydroxyl groups excluding tert-OH is 1. The van der Waals surface area contributed by atoms with Gasteiger partial charge in [-0.3, -0.25) is 0 Å². The summed E-state index contributed by atoms with van der Waals surface area (Å²) >= 11 is 0. The Hall–Kier alpha value is -2.60. The molecule has 1 aromatic heterocycles. The number of ether oxygens (including phenoxy) is 1. The normalized spacial score (nSPS) is 10.4. The van der Waals surface area contributed by atoms with Crippen molar-refractivity contribution < 1.29 is 14.6 Å². The first-order valence-electron chi connectivity index (χ1n) is 9.05. The fraction of sp³-hybridized carbons (Fsp3) is 0.400. The molecule has 0 saturated carbocycles. The second-order valence-electron chi connectivity index (χ2n) is 5.98. The lowest BCUT2D eigenvalue weighted by Gasteiger charge is -2.21. The Balaban J connectivity index is 1.96. The van der Waals surface area contributed by atoms with Crippen molar-refractivity contribution >= 4 is 11.7 Å². The average Bonchev–Trinajstić information content (AvgIpc) is 2.66. The summed E-state index contributed by atoms with van der Waals surface area (Å²) in [6.07, 6.45) is 4.39. The molecule has 2 rings (SSSR count). The number of aromatic nitrogens is 1. The molecule has 2 N–H and O–H groups in total. The van der Waals surface area contributed by atoms with Gasteiger partial charge in [0.05, 0.1) is 18.5 Å². The topological polar surface area (TPSA) is 74.7 Å². The van der Waals surface area contributed by atoms with E-state index in [0.29, 0.717) is 24.7 Å². The van der Waals surface area contributed by atoms with Gasteiger partial charge in [-0.2, -0.15) is 0 Å². The van der Waals surface area contributed by atoms with E-state index in [4.69, 9.17) is 9.84 Å². The number of anilines is 1. The number of amides is 2. The summed E-state index contributed by atoms with van der Waals surface area (Å²) in [7, 11) is 0. The van der Waals surface area contributed by atoms with E-state index in [-0.39, 0.29) is 12.6 Å². The lowest BCUT2D eigenvalue weighted by atomic mass is 10.2. The molecule has 26 heavy (non-hydrogen) atoms. The minimum Gasteiger partial charge on any atom is -0.439 e. The van der Waals surface area contributed by atoms with Crippen LogP contribution in [0.15, 0.2) is 42.6 Å². The number of aliphatic hydroxyl groups is 1. The van der Waals surface area contributed by atoms with Crippen LogP contribution in [0, 0.1) is 0 Å². The molecule has 0 radical (unpaired) electrons. The van der Waals surface area contributed by atoms with Crippen molar-refractivity contribution in [3.05, 3.63) is 48.2 Å². The van der Waals surface area contributed by atoms with Gasteiger partial charge in [0.2, 0.25) is 5.88 Å². The molecule has 140 valence electrons. The summed E-state index contributed by atoms with van der Waals surface area (Å²) in [5.74, 6) is 1.21. The Morgan fingerprint density at radius 3 is 2.73 bits per heavy atom. The molecule has 0 spiro atoms. The summed E-state index contributed by atoms with van der Waals surface area (Å²) in [6, 6.07) is 11.1. The highest BCUT2D eigenvalue weighted by atomic mass is 16.5. The molecule has 2 aromatic rings.